The minimum absolute atomic E-state index is 0.0183. The number of hydrogen-bond donors (Lipinski definition) is 0. The third-order valence-corrected chi connectivity index (χ3v) is 8.97. The van der Waals surface area contributed by atoms with Crippen LogP contribution in [0.4, 0.5) is 0 Å². The van der Waals surface area contributed by atoms with Crippen molar-refractivity contribution >= 4 is 23.7 Å². The van der Waals surface area contributed by atoms with Gasteiger partial charge in [0.25, 0.3) is 0 Å². The Balaban J connectivity index is 1.81. The van der Waals surface area contributed by atoms with Crippen molar-refractivity contribution in [2.45, 2.75) is 85.0 Å². The van der Waals surface area contributed by atoms with E-state index >= 15 is 0 Å². The molecule has 1 aromatic carbocycles. The van der Waals surface area contributed by atoms with Crippen molar-refractivity contribution in [1.29, 1.82) is 0 Å². The summed E-state index contributed by atoms with van der Waals surface area (Å²) in [5.41, 5.74) is 0.258. The summed E-state index contributed by atoms with van der Waals surface area (Å²) in [6, 6.07) is 9.23. The standard InChI is InChI=1S/C32H40O7/c1-18-13-14-24-25(31(24,6)7)15-19(2)30(36)32(39-22(5)34)17-20(3)29(27(32)28(18)37-21(4)33)38-26(35)16-23-11-9-8-10-12-23/h8-12,15,20,24-25,27-29H,1,13-14,16-17H2,2-7H3/b19-15-/t20-,24-,25+,27-,28?,29-,32+/m0/s1. The van der Waals surface area contributed by atoms with Crippen molar-refractivity contribution in [1.82, 2.24) is 0 Å². The van der Waals surface area contributed by atoms with E-state index in [-0.39, 0.29) is 35.9 Å². The zero-order chi connectivity index (χ0) is 28.7. The van der Waals surface area contributed by atoms with Gasteiger partial charge in [-0.05, 0) is 59.6 Å². The van der Waals surface area contributed by atoms with Crippen LogP contribution < -0.4 is 0 Å². The van der Waals surface area contributed by atoms with Gasteiger partial charge in [-0.2, -0.15) is 0 Å². The Morgan fingerprint density at radius 1 is 1.05 bits per heavy atom. The molecule has 2 saturated carbocycles. The van der Waals surface area contributed by atoms with E-state index in [4.69, 9.17) is 14.2 Å². The molecule has 0 saturated heterocycles. The van der Waals surface area contributed by atoms with Crippen LogP contribution in [0.1, 0.15) is 66.4 Å². The number of carbonyl (C=O) groups excluding carboxylic acids is 4. The Kier molecular flexibility index (Phi) is 7.93. The minimum Gasteiger partial charge on any atom is -0.461 e. The summed E-state index contributed by atoms with van der Waals surface area (Å²) in [4.78, 5) is 52.4. The van der Waals surface area contributed by atoms with Gasteiger partial charge < -0.3 is 14.2 Å². The highest BCUT2D eigenvalue weighted by atomic mass is 16.6. The lowest BCUT2D eigenvalue weighted by atomic mass is 9.76. The molecule has 4 rings (SSSR count). The van der Waals surface area contributed by atoms with Crippen LogP contribution in [-0.2, 0) is 39.8 Å². The fourth-order valence-electron chi connectivity index (χ4n) is 6.99. The summed E-state index contributed by atoms with van der Waals surface area (Å²) >= 11 is 0. The molecule has 0 heterocycles. The monoisotopic (exact) mass is 536 g/mol. The molecule has 0 aromatic heterocycles. The molecule has 7 heteroatoms. The number of ether oxygens (including phenoxy) is 3. The first-order valence-electron chi connectivity index (χ1n) is 13.8. The van der Waals surface area contributed by atoms with Crippen LogP contribution in [-0.4, -0.2) is 41.5 Å². The van der Waals surface area contributed by atoms with Gasteiger partial charge in [-0.15, -0.1) is 0 Å². The number of allylic oxidation sites excluding steroid dienone is 1. The first-order chi connectivity index (χ1) is 18.3. The number of Topliss-reactive ketones (excluding diaryl/α,β-unsaturated/α-hetero) is 1. The van der Waals surface area contributed by atoms with E-state index in [1.165, 1.54) is 13.8 Å². The smallest absolute Gasteiger partial charge is 0.310 e. The van der Waals surface area contributed by atoms with E-state index in [0.29, 0.717) is 23.5 Å². The fraction of sp³-hybridized carbons (Fsp3) is 0.562. The van der Waals surface area contributed by atoms with Gasteiger partial charge in [-0.25, -0.2) is 0 Å². The largest absolute Gasteiger partial charge is 0.461 e. The van der Waals surface area contributed by atoms with Gasteiger partial charge in [0.2, 0.25) is 5.78 Å². The molecular formula is C32H40O7. The lowest BCUT2D eigenvalue weighted by Crippen LogP contribution is -2.55. The molecule has 0 radical (unpaired) electrons. The molecule has 0 amide bonds. The number of benzene rings is 1. The van der Waals surface area contributed by atoms with E-state index in [1.807, 2.05) is 43.3 Å². The molecule has 1 aromatic rings. The number of fused-ring (bicyclic) bond motifs is 2. The van der Waals surface area contributed by atoms with Gasteiger partial charge >= 0.3 is 17.9 Å². The maximum absolute atomic E-state index is 14.3. The van der Waals surface area contributed by atoms with E-state index in [9.17, 15) is 19.2 Å². The van der Waals surface area contributed by atoms with Crippen LogP contribution in [0.2, 0.25) is 0 Å². The SMILES string of the molecule is C=C1CC[C@H]2[C@@H](/C=C(/C)C(=O)[C@@]3(OC(C)=O)C[C@H](C)[C@H](OC(=O)Cc4ccccc4)[C@@H]3C1OC(C)=O)C2(C)C. The van der Waals surface area contributed by atoms with Crippen LogP contribution in [0.15, 0.2) is 54.1 Å². The third-order valence-electron chi connectivity index (χ3n) is 8.97. The highest BCUT2D eigenvalue weighted by molar-refractivity contribution is 6.03. The predicted molar refractivity (Wildman–Crippen MR) is 145 cm³/mol. The molecular weight excluding hydrogens is 496 g/mol. The molecule has 1 unspecified atom stereocenters. The fourth-order valence-corrected chi connectivity index (χ4v) is 6.99. The van der Waals surface area contributed by atoms with Crippen molar-refractivity contribution in [3.63, 3.8) is 0 Å². The molecule has 2 fully saturated rings. The lowest BCUT2D eigenvalue weighted by molar-refractivity contribution is -0.182. The molecule has 7 nitrogen and oxygen atoms in total. The van der Waals surface area contributed by atoms with Gasteiger partial charge in [0.1, 0.15) is 12.2 Å². The van der Waals surface area contributed by atoms with Crippen molar-refractivity contribution in [2.24, 2.45) is 29.1 Å². The number of carbonyl (C=O) groups is 4. The Labute approximate surface area is 231 Å². The maximum atomic E-state index is 14.3. The third kappa shape index (κ3) is 5.59. The van der Waals surface area contributed by atoms with Gasteiger partial charge in [0.05, 0.1) is 12.3 Å². The number of rotatable bonds is 5. The van der Waals surface area contributed by atoms with E-state index in [2.05, 4.69) is 20.4 Å². The van der Waals surface area contributed by atoms with Crippen molar-refractivity contribution in [2.75, 3.05) is 0 Å². The summed E-state index contributed by atoms with van der Waals surface area (Å²) in [6.45, 7) is 14.8. The summed E-state index contributed by atoms with van der Waals surface area (Å²) < 4.78 is 17.9. The summed E-state index contributed by atoms with van der Waals surface area (Å²) in [6.07, 6.45) is 1.74. The Morgan fingerprint density at radius 3 is 2.33 bits per heavy atom. The maximum Gasteiger partial charge on any atom is 0.310 e. The average molecular weight is 537 g/mol. The topological polar surface area (TPSA) is 96.0 Å². The number of ketones is 1. The first-order valence-corrected chi connectivity index (χ1v) is 13.8. The zero-order valence-corrected chi connectivity index (χ0v) is 23.8. The normalized spacial score (nSPS) is 34.9. The second-order valence-corrected chi connectivity index (χ2v) is 12.2. The van der Waals surface area contributed by atoms with E-state index in [0.717, 1.165) is 12.0 Å². The second-order valence-electron chi connectivity index (χ2n) is 12.2. The molecule has 0 bridgehead atoms. The van der Waals surface area contributed by atoms with Crippen molar-refractivity contribution < 1.29 is 33.4 Å². The summed E-state index contributed by atoms with van der Waals surface area (Å²) in [7, 11) is 0. The lowest BCUT2D eigenvalue weighted by Gasteiger charge is -2.40. The van der Waals surface area contributed by atoms with Gasteiger partial charge in [-0.3, -0.25) is 19.2 Å². The number of hydrogen-bond acceptors (Lipinski definition) is 7. The molecule has 0 spiro atoms. The molecule has 39 heavy (non-hydrogen) atoms. The van der Waals surface area contributed by atoms with Crippen LogP contribution in [0.3, 0.4) is 0 Å². The number of esters is 3. The van der Waals surface area contributed by atoms with Crippen LogP contribution in [0.25, 0.3) is 0 Å². The predicted octanol–water partition coefficient (Wildman–Crippen LogP) is 5.17. The molecule has 0 aliphatic heterocycles. The van der Waals surface area contributed by atoms with Gasteiger partial charge in [-0.1, -0.05) is 63.8 Å². The Morgan fingerprint density at radius 2 is 1.72 bits per heavy atom. The quantitative estimate of drug-likeness (QED) is 0.291. The molecule has 210 valence electrons. The van der Waals surface area contributed by atoms with Crippen LogP contribution in [0.5, 0.6) is 0 Å². The molecule has 3 aliphatic rings. The Bertz CT molecular complexity index is 1200. The highest BCUT2D eigenvalue weighted by Gasteiger charge is 2.65. The van der Waals surface area contributed by atoms with Crippen LogP contribution >= 0.6 is 0 Å². The van der Waals surface area contributed by atoms with Crippen LogP contribution in [0, 0.1) is 29.1 Å². The van der Waals surface area contributed by atoms with E-state index < -0.39 is 41.6 Å². The van der Waals surface area contributed by atoms with Gasteiger partial charge in [0, 0.05) is 20.3 Å². The Hall–Kier alpha value is -3.22. The van der Waals surface area contributed by atoms with Crippen molar-refractivity contribution in [3.8, 4) is 0 Å². The molecule has 7 atom stereocenters. The van der Waals surface area contributed by atoms with Crippen molar-refractivity contribution in [3.05, 3.63) is 59.7 Å². The van der Waals surface area contributed by atoms with E-state index in [1.54, 1.807) is 6.92 Å². The molecule has 3 aliphatic carbocycles. The highest BCUT2D eigenvalue weighted by Crippen LogP contribution is 2.62. The molecule has 0 N–H and O–H groups in total. The zero-order valence-electron chi connectivity index (χ0n) is 23.8. The first kappa shape index (κ1) is 28.8. The van der Waals surface area contributed by atoms with Gasteiger partial charge in [0.15, 0.2) is 5.60 Å². The summed E-state index contributed by atoms with van der Waals surface area (Å²) in [5, 5.41) is 0. The second kappa shape index (κ2) is 10.7. The average Bonchev–Trinajstić information content (AvgIpc) is 3.24. The minimum atomic E-state index is -1.68. The summed E-state index contributed by atoms with van der Waals surface area (Å²) in [5.74, 6) is -2.75.